The van der Waals surface area contributed by atoms with Crippen molar-refractivity contribution in [2.24, 2.45) is 11.8 Å². The third-order valence-corrected chi connectivity index (χ3v) is 6.28. The van der Waals surface area contributed by atoms with Crippen LogP contribution in [0.4, 0.5) is 5.69 Å². The number of carbonyl (C=O) groups is 2. The minimum atomic E-state index is -1.84. The van der Waals surface area contributed by atoms with Crippen molar-refractivity contribution in [3.63, 3.8) is 0 Å². The van der Waals surface area contributed by atoms with Gasteiger partial charge < -0.3 is 14.9 Å². The van der Waals surface area contributed by atoms with Crippen molar-refractivity contribution in [2.75, 3.05) is 11.5 Å². The maximum Gasteiger partial charge on any atom is 0.243 e. The molecule has 4 rings (SSSR count). The van der Waals surface area contributed by atoms with Crippen molar-refractivity contribution < 1.29 is 24.5 Å². The minimum absolute atomic E-state index is 0.120. The Labute approximate surface area is 164 Å². The van der Waals surface area contributed by atoms with Crippen LogP contribution < -0.4 is 4.90 Å². The third-order valence-electron chi connectivity index (χ3n) is 5.75. The van der Waals surface area contributed by atoms with Gasteiger partial charge in [0, 0.05) is 13.0 Å². The van der Waals surface area contributed by atoms with E-state index in [1.165, 1.54) is 19.1 Å². The molecule has 28 heavy (non-hydrogen) atoms. The fraction of sp³-hybridized carbons (Fsp3) is 0.500. The normalized spacial score (nSPS) is 32.2. The number of hydrogen-bond donors (Lipinski definition) is 2. The van der Waals surface area contributed by atoms with Gasteiger partial charge >= 0.3 is 0 Å². The average molecular weight is 402 g/mol. The second kappa shape index (κ2) is 6.28. The van der Waals surface area contributed by atoms with Crippen molar-refractivity contribution in [2.45, 2.75) is 38.1 Å². The zero-order valence-corrected chi connectivity index (χ0v) is 16.1. The molecule has 10 heteroatoms. The summed E-state index contributed by atoms with van der Waals surface area (Å²) in [4.78, 5) is 27.6. The van der Waals surface area contributed by atoms with Crippen LogP contribution in [0.5, 0.6) is 0 Å². The second-order valence-electron chi connectivity index (χ2n) is 7.22. The molecule has 2 saturated heterocycles. The number of benzene rings is 1. The zero-order valence-electron chi connectivity index (χ0n) is 15.2. The predicted octanol–water partition coefficient (Wildman–Crippen LogP) is 0.938. The van der Waals surface area contributed by atoms with Crippen LogP contribution in [-0.2, 0) is 14.3 Å². The van der Waals surface area contributed by atoms with E-state index in [4.69, 9.17) is 4.74 Å². The highest BCUT2D eigenvalue weighted by Gasteiger charge is 2.70. The Morgan fingerprint density at radius 3 is 2.61 bits per heavy atom. The number of hydrogen-bond acceptors (Lipinski definition) is 9. The molecule has 1 aromatic carbocycles. The molecule has 3 heterocycles. The first-order valence-electron chi connectivity index (χ1n) is 8.88. The van der Waals surface area contributed by atoms with E-state index in [1.807, 2.05) is 6.07 Å². The van der Waals surface area contributed by atoms with E-state index in [2.05, 4.69) is 8.75 Å². The first kappa shape index (κ1) is 18.9. The monoisotopic (exact) mass is 402 g/mol. The smallest absolute Gasteiger partial charge is 0.243 e. The number of imide groups is 1. The van der Waals surface area contributed by atoms with Crippen LogP contribution in [-0.4, -0.2) is 48.8 Å². The van der Waals surface area contributed by atoms with Gasteiger partial charge in [-0.1, -0.05) is 6.92 Å². The van der Waals surface area contributed by atoms with Crippen molar-refractivity contribution in [3.05, 3.63) is 17.7 Å². The molecule has 9 nitrogen and oxygen atoms in total. The van der Waals surface area contributed by atoms with Crippen LogP contribution in [0.2, 0.25) is 0 Å². The first-order valence-corrected chi connectivity index (χ1v) is 9.61. The Kier molecular flexibility index (Phi) is 4.24. The summed E-state index contributed by atoms with van der Waals surface area (Å²) in [7, 11) is 0. The molecule has 2 aromatic rings. The summed E-state index contributed by atoms with van der Waals surface area (Å²) in [5, 5.41) is 29.5. The highest BCUT2D eigenvalue weighted by Crippen LogP contribution is 2.54. The van der Waals surface area contributed by atoms with Gasteiger partial charge in [0.2, 0.25) is 11.8 Å². The highest BCUT2D eigenvalue weighted by molar-refractivity contribution is 7.00. The van der Waals surface area contributed by atoms with Gasteiger partial charge in [-0.25, -0.2) is 4.90 Å². The molecule has 2 aliphatic heterocycles. The number of aliphatic hydroxyl groups is 2. The fourth-order valence-corrected chi connectivity index (χ4v) is 5.07. The molecule has 2 amide bonds. The van der Waals surface area contributed by atoms with E-state index in [0.29, 0.717) is 17.5 Å². The Morgan fingerprint density at radius 2 is 1.96 bits per heavy atom. The summed E-state index contributed by atoms with van der Waals surface area (Å²) in [6.45, 7) is 2.91. The fourth-order valence-electron chi connectivity index (χ4n) is 4.50. The third kappa shape index (κ3) is 2.34. The summed E-state index contributed by atoms with van der Waals surface area (Å²) in [6.07, 6.45) is 0.466. The average Bonchev–Trinajstić information content (AvgIpc) is 3.30. The Bertz CT molecular complexity index is 1030. The van der Waals surface area contributed by atoms with E-state index in [-0.39, 0.29) is 24.2 Å². The van der Waals surface area contributed by atoms with Crippen LogP contribution in [0, 0.1) is 23.2 Å². The number of carbonyl (C=O) groups excluding carboxylic acids is 2. The second-order valence-corrected chi connectivity index (χ2v) is 7.75. The largest absolute Gasteiger partial charge is 0.396 e. The van der Waals surface area contributed by atoms with Crippen LogP contribution >= 0.6 is 11.7 Å². The number of fused-ring (bicyclic) bond motifs is 2. The summed E-state index contributed by atoms with van der Waals surface area (Å²) in [5.41, 5.74) is -0.00299. The van der Waals surface area contributed by atoms with Gasteiger partial charge in [0.25, 0.3) is 0 Å². The van der Waals surface area contributed by atoms with Gasteiger partial charge in [0.15, 0.2) is 5.79 Å². The molecule has 2 fully saturated rings. The molecule has 0 spiro atoms. The lowest BCUT2D eigenvalue weighted by Crippen LogP contribution is -2.45. The number of aromatic nitrogens is 2. The first-order chi connectivity index (χ1) is 13.3. The van der Waals surface area contributed by atoms with E-state index in [0.717, 1.165) is 16.6 Å². The number of nitrogens with zero attached hydrogens (tertiary/aromatic N) is 4. The van der Waals surface area contributed by atoms with Gasteiger partial charge in [-0.2, -0.15) is 14.0 Å². The lowest BCUT2D eigenvalue weighted by atomic mass is 9.77. The van der Waals surface area contributed by atoms with E-state index in [9.17, 15) is 25.1 Å². The SMILES string of the molecule is CCC1(CCO)OC(C)(O)[C@H]2C(=O)N(c3ccc(C#N)c4nsnc34)C(=O)[C@H]21. The van der Waals surface area contributed by atoms with Crippen LogP contribution in [0.3, 0.4) is 0 Å². The number of nitriles is 1. The Morgan fingerprint density at radius 1 is 1.29 bits per heavy atom. The quantitative estimate of drug-likeness (QED) is 0.721. The number of amides is 2. The molecule has 2 N–H and O–H groups in total. The molecule has 1 aromatic heterocycles. The summed E-state index contributed by atoms with van der Waals surface area (Å²) in [5.74, 6) is -4.97. The lowest BCUT2D eigenvalue weighted by molar-refractivity contribution is -0.229. The highest BCUT2D eigenvalue weighted by atomic mass is 32.1. The molecule has 2 aliphatic rings. The Hall–Kier alpha value is -2.45. The summed E-state index contributed by atoms with van der Waals surface area (Å²) < 4.78 is 14.0. The number of aliphatic hydroxyl groups excluding tert-OH is 1. The van der Waals surface area contributed by atoms with Gasteiger partial charge in [-0.05, 0) is 25.5 Å². The lowest BCUT2D eigenvalue weighted by Gasteiger charge is -2.33. The molecular formula is C18H18N4O5S. The number of anilines is 1. The molecule has 0 aliphatic carbocycles. The summed E-state index contributed by atoms with van der Waals surface area (Å²) in [6, 6.07) is 5.00. The maximum absolute atomic E-state index is 13.4. The standard InChI is InChI=1S/C18H18N4O5S/c1-3-18(6-7-23)12-11(17(2,26)27-18)15(24)22(16(12)25)10-5-4-9(8-19)13-14(10)21-28-20-13/h4-5,11-12,23,26H,3,6-7H2,1-2H3/t11-,12+,17?,18?/m1/s1. The molecular weight excluding hydrogens is 384 g/mol. The zero-order chi connectivity index (χ0) is 20.3. The molecule has 4 atom stereocenters. The van der Waals surface area contributed by atoms with Gasteiger partial charge in [-0.15, -0.1) is 0 Å². The van der Waals surface area contributed by atoms with Crippen molar-refractivity contribution in [3.8, 4) is 6.07 Å². The van der Waals surface area contributed by atoms with Crippen LogP contribution in [0.15, 0.2) is 12.1 Å². The van der Waals surface area contributed by atoms with Crippen LogP contribution in [0.25, 0.3) is 11.0 Å². The summed E-state index contributed by atoms with van der Waals surface area (Å²) >= 11 is 0.884. The van der Waals surface area contributed by atoms with Crippen molar-refractivity contribution in [1.82, 2.24) is 8.75 Å². The van der Waals surface area contributed by atoms with Gasteiger partial charge in [-0.3, -0.25) is 9.59 Å². The molecule has 0 radical (unpaired) electrons. The maximum atomic E-state index is 13.4. The number of rotatable bonds is 4. The van der Waals surface area contributed by atoms with Gasteiger partial charge in [0.1, 0.15) is 23.0 Å². The van der Waals surface area contributed by atoms with E-state index in [1.54, 1.807) is 6.92 Å². The molecule has 146 valence electrons. The van der Waals surface area contributed by atoms with E-state index < -0.39 is 35.0 Å². The van der Waals surface area contributed by atoms with Gasteiger partial charge in [0.05, 0.1) is 34.5 Å². The predicted molar refractivity (Wildman–Crippen MR) is 98.0 cm³/mol. The molecule has 2 unspecified atom stereocenters. The van der Waals surface area contributed by atoms with E-state index >= 15 is 0 Å². The minimum Gasteiger partial charge on any atom is -0.396 e. The number of ether oxygens (including phenoxy) is 1. The van der Waals surface area contributed by atoms with Crippen molar-refractivity contribution >= 4 is 40.3 Å². The topological polar surface area (TPSA) is 137 Å². The van der Waals surface area contributed by atoms with Crippen LogP contribution in [0.1, 0.15) is 32.3 Å². The molecule has 0 bridgehead atoms. The molecule has 0 saturated carbocycles. The Balaban J connectivity index is 1.87. The van der Waals surface area contributed by atoms with Crippen molar-refractivity contribution in [1.29, 1.82) is 5.26 Å².